The van der Waals surface area contributed by atoms with E-state index in [1.54, 1.807) is 4.68 Å². The van der Waals surface area contributed by atoms with Gasteiger partial charge in [-0.15, -0.1) is 0 Å². The Balaban J connectivity index is 1.64. The Bertz CT molecular complexity index is 1710. The summed E-state index contributed by atoms with van der Waals surface area (Å²) >= 11 is 0. The number of benzene rings is 3. The van der Waals surface area contributed by atoms with Gasteiger partial charge in [-0.3, -0.25) is 9.59 Å². The number of anilines is 1. The first-order valence-corrected chi connectivity index (χ1v) is 17.3. The Labute approximate surface area is 259 Å². The summed E-state index contributed by atoms with van der Waals surface area (Å²) < 4.78 is 62.4. The molecule has 2 heterocycles. The van der Waals surface area contributed by atoms with Crippen LogP contribution in [0.25, 0.3) is 5.69 Å². The number of fused-ring (bicyclic) bond motifs is 1. The molecule has 2 amide bonds. The van der Waals surface area contributed by atoms with Gasteiger partial charge >= 0.3 is 6.18 Å². The van der Waals surface area contributed by atoms with E-state index in [1.165, 1.54) is 30.3 Å². The summed E-state index contributed by atoms with van der Waals surface area (Å²) in [6.45, 7) is 10.6. The first-order valence-electron chi connectivity index (χ1n) is 14.4. The molecular formula is C33H34F4N4O3Si. The van der Waals surface area contributed by atoms with Crippen LogP contribution in [0.15, 0.2) is 78.9 Å². The lowest BCUT2D eigenvalue weighted by atomic mass is 9.81. The molecule has 0 radical (unpaired) electrons. The number of carbonyl (C=O) groups excluding carboxylic acids is 2. The highest BCUT2D eigenvalue weighted by molar-refractivity contribution is 6.74. The second-order valence-corrected chi connectivity index (χ2v) is 17.4. The van der Waals surface area contributed by atoms with Crippen LogP contribution in [0.2, 0.25) is 18.1 Å². The van der Waals surface area contributed by atoms with Crippen molar-refractivity contribution in [2.45, 2.75) is 63.6 Å². The maximum absolute atomic E-state index is 14.1. The number of para-hydroxylation sites is 1. The normalized spacial score (nSPS) is 17.0. The maximum atomic E-state index is 14.1. The molecule has 12 heteroatoms. The van der Waals surface area contributed by atoms with Crippen molar-refractivity contribution < 1.29 is 31.6 Å². The lowest BCUT2D eigenvalue weighted by Crippen LogP contribution is -2.51. The molecule has 2 atom stereocenters. The summed E-state index contributed by atoms with van der Waals surface area (Å²) in [5.74, 6) is -2.49. The summed E-state index contributed by atoms with van der Waals surface area (Å²) in [7, 11) is -2.28. The third-order valence-electron chi connectivity index (χ3n) is 8.51. The third kappa shape index (κ3) is 6.57. The van der Waals surface area contributed by atoms with Crippen LogP contribution in [0, 0.1) is 5.82 Å². The minimum absolute atomic E-state index is 0.0977. The number of aromatic nitrogens is 2. The molecule has 0 fully saturated rings. The predicted molar refractivity (Wildman–Crippen MR) is 165 cm³/mol. The quantitative estimate of drug-likeness (QED) is 0.163. The van der Waals surface area contributed by atoms with Gasteiger partial charge in [0.15, 0.2) is 8.32 Å². The first kappa shape index (κ1) is 32.1. The highest BCUT2D eigenvalue weighted by Gasteiger charge is 2.44. The molecule has 3 aromatic carbocycles. The zero-order valence-corrected chi connectivity index (χ0v) is 26.5. The molecular weight excluding hydrogens is 604 g/mol. The molecule has 2 N–H and O–H groups in total. The van der Waals surface area contributed by atoms with Crippen LogP contribution in [0.4, 0.5) is 23.4 Å². The van der Waals surface area contributed by atoms with Crippen LogP contribution in [0.3, 0.4) is 0 Å². The molecule has 0 spiro atoms. The molecule has 7 nitrogen and oxygen atoms in total. The van der Waals surface area contributed by atoms with E-state index in [0.717, 1.165) is 18.2 Å². The molecule has 1 aromatic heterocycles. The fraction of sp³-hybridized carbons (Fsp3) is 0.303. The predicted octanol–water partition coefficient (Wildman–Crippen LogP) is 7.43. The van der Waals surface area contributed by atoms with Crippen LogP contribution in [-0.2, 0) is 22.0 Å². The molecule has 5 rings (SSSR count). The van der Waals surface area contributed by atoms with Gasteiger partial charge < -0.3 is 15.1 Å². The second kappa shape index (κ2) is 11.9. The smallest absolute Gasteiger partial charge is 0.411 e. The van der Waals surface area contributed by atoms with Crippen molar-refractivity contribution in [3.63, 3.8) is 0 Å². The van der Waals surface area contributed by atoms with E-state index in [-0.39, 0.29) is 17.2 Å². The zero-order chi connectivity index (χ0) is 32.7. The van der Waals surface area contributed by atoms with Gasteiger partial charge in [-0.2, -0.15) is 18.3 Å². The van der Waals surface area contributed by atoms with Gasteiger partial charge in [-0.1, -0.05) is 57.2 Å². The molecule has 0 saturated heterocycles. The average molecular weight is 639 g/mol. The van der Waals surface area contributed by atoms with Gasteiger partial charge in [0.25, 0.3) is 5.91 Å². The Morgan fingerprint density at radius 3 is 2.29 bits per heavy atom. The molecule has 236 valence electrons. The van der Waals surface area contributed by atoms with Gasteiger partial charge in [-0.05, 0) is 66.2 Å². The monoisotopic (exact) mass is 638 g/mol. The number of amides is 2. The van der Waals surface area contributed by atoms with E-state index >= 15 is 0 Å². The van der Waals surface area contributed by atoms with Gasteiger partial charge in [0, 0.05) is 17.0 Å². The standard InChI is InChI=1S/C33H34F4N4O3Si/c1-32(2,3)45(4,5)44-19-25-27-26(20-14-16-23(34)17-15-20)28(38-30(42)21-10-9-11-22(18-21)33(35,36)37)31(43)39-29(27)41(40-25)24-12-7-6-8-13-24/h6-18,26,28H,19H2,1-5H3,(H,38,42)(H,39,43). The topological polar surface area (TPSA) is 85.2 Å². The number of carbonyl (C=O) groups is 2. The molecule has 45 heavy (non-hydrogen) atoms. The molecule has 0 saturated carbocycles. The van der Waals surface area contributed by atoms with Crippen LogP contribution in [-0.4, -0.2) is 36.0 Å². The van der Waals surface area contributed by atoms with Crippen LogP contribution in [0.1, 0.15) is 59.4 Å². The maximum Gasteiger partial charge on any atom is 0.416 e. The third-order valence-corrected chi connectivity index (χ3v) is 13.0. The van der Waals surface area contributed by atoms with Crippen molar-refractivity contribution >= 4 is 25.9 Å². The lowest BCUT2D eigenvalue weighted by Gasteiger charge is -2.36. The minimum Gasteiger partial charge on any atom is -0.411 e. The minimum atomic E-state index is -4.66. The molecule has 0 bridgehead atoms. The van der Waals surface area contributed by atoms with Gasteiger partial charge in [0.1, 0.15) is 17.7 Å². The fourth-order valence-corrected chi connectivity index (χ4v) is 5.93. The Hall–Kier alpha value is -4.29. The second-order valence-electron chi connectivity index (χ2n) is 12.6. The number of hydrogen-bond donors (Lipinski definition) is 2. The summed E-state index contributed by atoms with van der Waals surface area (Å²) in [5, 5.41) is 10.3. The fourth-order valence-electron chi connectivity index (χ4n) is 5.00. The van der Waals surface area contributed by atoms with E-state index in [0.29, 0.717) is 28.3 Å². The average Bonchev–Trinajstić information content (AvgIpc) is 3.34. The number of alkyl halides is 3. The molecule has 2 unspecified atom stereocenters. The van der Waals surface area contributed by atoms with E-state index in [9.17, 15) is 27.2 Å². The number of rotatable bonds is 7. The Morgan fingerprint density at radius 1 is 1.00 bits per heavy atom. The number of halogens is 4. The molecule has 4 aromatic rings. The summed E-state index contributed by atoms with van der Waals surface area (Å²) in [6.07, 6.45) is -4.66. The summed E-state index contributed by atoms with van der Waals surface area (Å²) in [4.78, 5) is 27.2. The molecule has 1 aliphatic rings. The van der Waals surface area contributed by atoms with Crippen LogP contribution in [0.5, 0.6) is 0 Å². The first-order chi connectivity index (χ1) is 21.1. The zero-order valence-electron chi connectivity index (χ0n) is 25.5. The van der Waals surface area contributed by atoms with Crippen molar-refractivity contribution in [1.82, 2.24) is 15.1 Å². The SMILES string of the molecule is CC(C)(C)[Si](C)(C)OCc1nn(-c2ccccc2)c2c1C(c1ccc(F)cc1)C(NC(=O)c1cccc(C(F)(F)F)c1)C(=O)N2. The van der Waals surface area contributed by atoms with Gasteiger partial charge in [0.05, 0.1) is 23.6 Å². The molecule has 0 aliphatic carbocycles. The van der Waals surface area contributed by atoms with Crippen molar-refractivity contribution in [2.75, 3.05) is 5.32 Å². The lowest BCUT2D eigenvalue weighted by molar-refractivity contribution is -0.137. The van der Waals surface area contributed by atoms with Crippen molar-refractivity contribution in [2.24, 2.45) is 0 Å². The van der Waals surface area contributed by atoms with Crippen molar-refractivity contribution in [1.29, 1.82) is 0 Å². The van der Waals surface area contributed by atoms with Gasteiger partial charge in [-0.25, -0.2) is 9.07 Å². The van der Waals surface area contributed by atoms with E-state index in [1.807, 2.05) is 30.3 Å². The summed E-state index contributed by atoms with van der Waals surface area (Å²) in [6, 6.07) is 17.4. The van der Waals surface area contributed by atoms with Crippen LogP contribution < -0.4 is 10.6 Å². The largest absolute Gasteiger partial charge is 0.416 e. The van der Waals surface area contributed by atoms with E-state index in [4.69, 9.17) is 9.52 Å². The Morgan fingerprint density at radius 2 is 1.67 bits per heavy atom. The van der Waals surface area contributed by atoms with E-state index < -0.39 is 49.6 Å². The van der Waals surface area contributed by atoms with Crippen molar-refractivity contribution in [3.8, 4) is 5.69 Å². The van der Waals surface area contributed by atoms with Crippen LogP contribution >= 0.6 is 0 Å². The van der Waals surface area contributed by atoms with Gasteiger partial charge in [0.2, 0.25) is 5.91 Å². The number of hydrogen-bond acceptors (Lipinski definition) is 4. The number of nitrogens with one attached hydrogen (secondary N) is 2. The highest BCUT2D eigenvalue weighted by Crippen LogP contribution is 2.43. The Kier molecular flexibility index (Phi) is 8.49. The number of nitrogens with zero attached hydrogens (tertiary/aromatic N) is 2. The summed E-state index contributed by atoms with van der Waals surface area (Å²) in [5.41, 5.74) is 0.974. The van der Waals surface area contributed by atoms with E-state index in [2.05, 4.69) is 44.5 Å². The molecule has 1 aliphatic heterocycles. The van der Waals surface area contributed by atoms with Crippen molar-refractivity contribution in [3.05, 3.63) is 113 Å². The highest BCUT2D eigenvalue weighted by atomic mass is 28.4.